The number of hydrogen-bond donors (Lipinski definition) is 0. The molecular formula is C17H16N2. The van der Waals surface area contributed by atoms with E-state index < -0.39 is 0 Å². The predicted octanol–water partition coefficient (Wildman–Crippen LogP) is 4.22. The van der Waals surface area contributed by atoms with Crippen molar-refractivity contribution in [1.82, 2.24) is 9.97 Å². The van der Waals surface area contributed by atoms with E-state index >= 15 is 0 Å². The lowest BCUT2D eigenvalue weighted by atomic mass is 9.96. The van der Waals surface area contributed by atoms with Crippen LogP contribution in [-0.4, -0.2) is 9.97 Å². The summed E-state index contributed by atoms with van der Waals surface area (Å²) in [5.74, 6) is 0. The van der Waals surface area contributed by atoms with Crippen molar-refractivity contribution in [2.45, 2.75) is 20.8 Å². The lowest BCUT2D eigenvalue weighted by molar-refractivity contribution is 1.21. The highest BCUT2D eigenvalue weighted by atomic mass is 14.8. The smallest absolute Gasteiger partial charge is 0.116 e. The molecule has 2 heteroatoms. The molecule has 19 heavy (non-hydrogen) atoms. The first-order valence-electron chi connectivity index (χ1n) is 6.45. The normalized spacial score (nSPS) is 10.9. The monoisotopic (exact) mass is 248 g/mol. The molecule has 3 rings (SSSR count). The molecule has 0 spiro atoms. The summed E-state index contributed by atoms with van der Waals surface area (Å²) in [6.07, 6.45) is 1.65. The zero-order valence-corrected chi connectivity index (χ0v) is 11.4. The Balaban J connectivity index is 2.37. The summed E-state index contributed by atoms with van der Waals surface area (Å²) < 4.78 is 0. The van der Waals surface area contributed by atoms with Crippen molar-refractivity contribution >= 4 is 10.9 Å². The van der Waals surface area contributed by atoms with E-state index in [1.807, 2.05) is 18.2 Å². The van der Waals surface area contributed by atoms with Crippen LogP contribution in [0.1, 0.15) is 16.7 Å². The van der Waals surface area contributed by atoms with E-state index in [2.05, 4.69) is 48.9 Å². The Bertz CT molecular complexity index is 755. The molecule has 0 aliphatic rings. The van der Waals surface area contributed by atoms with Crippen LogP contribution in [0.3, 0.4) is 0 Å². The summed E-state index contributed by atoms with van der Waals surface area (Å²) in [7, 11) is 0. The van der Waals surface area contributed by atoms with Gasteiger partial charge in [-0.25, -0.2) is 9.97 Å². The van der Waals surface area contributed by atoms with E-state index in [-0.39, 0.29) is 0 Å². The minimum Gasteiger partial charge on any atom is -0.236 e. The Morgan fingerprint density at radius 3 is 2.53 bits per heavy atom. The van der Waals surface area contributed by atoms with Crippen LogP contribution in [0, 0.1) is 20.8 Å². The largest absolute Gasteiger partial charge is 0.236 e. The molecule has 2 nitrogen and oxygen atoms in total. The molecule has 0 fully saturated rings. The molecule has 0 aliphatic carbocycles. The van der Waals surface area contributed by atoms with Gasteiger partial charge in [0.1, 0.15) is 6.33 Å². The fourth-order valence-electron chi connectivity index (χ4n) is 2.51. The predicted molar refractivity (Wildman–Crippen MR) is 79.2 cm³/mol. The van der Waals surface area contributed by atoms with Gasteiger partial charge in [0.15, 0.2) is 0 Å². The van der Waals surface area contributed by atoms with Crippen molar-refractivity contribution in [1.29, 1.82) is 0 Å². The standard InChI is InChI=1S/C17H16N2/c1-11-8-12(2)13(3)15(9-11)17-14-6-4-5-7-16(14)18-10-19-17/h4-10H,1-3H3. The average Bonchev–Trinajstić information content (AvgIpc) is 2.42. The third-order valence-corrected chi connectivity index (χ3v) is 3.61. The summed E-state index contributed by atoms with van der Waals surface area (Å²) in [6.45, 7) is 6.43. The van der Waals surface area contributed by atoms with Gasteiger partial charge in [-0.15, -0.1) is 0 Å². The number of para-hydroxylation sites is 1. The van der Waals surface area contributed by atoms with Gasteiger partial charge in [0.05, 0.1) is 11.2 Å². The molecule has 1 aromatic heterocycles. The lowest BCUT2D eigenvalue weighted by Gasteiger charge is -2.11. The fraction of sp³-hybridized carbons (Fsp3) is 0.176. The highest BCUT2D eigenvalue weighted by Gasteiger charge is 2.10. The van der Waals surface area contributed by atoms with Crippen LogP contribution in [-0.2, 0) is 0 Å². The number of benzene rings is 2. The molecule has 0 aliphatic heterocycles. The zero-order chi connectivity index (χ0) is 13.4. The second-order valence-electron chi connectivity index (χ2n) is 4.99. The maximum atomic E-state index is 4.51. The Morgan fingerprint density at radius 1 is 0.895 bits per heavy atom. The van der Waals surface area contributed by atoms with Gasteiger partial charge in [-0.1, -0.05) is 29.8 Å². The molecule has 94 valence electrons. The van der Waals surface area contributed by atoms with Crippen molar-refractivity contribution < 1.29 is 0 Å². The molecule has 0 saturated carbocycles. The van der Waals surface area contributed by atoms with Crippen LogP contribution in [0.4, 0.5) is 0 Å². The summed E-state index contributed by atoms with van der Waals surface area (Å²) in [6, 6.07) is 12.6. The van der Waals surface area contributed by atoms with Crippen molar-refractivity contribution in [3.63, 3.8) is 0 Å². The summed E-state index contributed by atoms with van der Waals surface area (Å²) in [4.78, 5) is 8.84. The van der Waals surface area contributed by atoms with Gasteiger partial charge < -0.3 is 0 Å². The molecule has 0 radical (unpaired) electrons. The van der Waals surface area contributed by atoms with Crippen molar-refractivity contribution in [3.05, 3.63) is 59.4 Å². The Kier molecular flexibility index (Phi) is 2.79. The minimum absolute atomic E-state index is 0.992. The molecule has 0 unspecified atom stereocenters. The van der Waals surface area contributed by atoms with Gasteiger partial charge in [-0.3, -0.25) is 0 Å². The molecule has 3 aromatic rings. The lowest BCUT2D eigenvalue weighted by Crippen LogP contribution is -1.94. The maximum Gasteiger partial charge on any atom is 0.116 e. The van der Waals surface area contributed by atoms with Crippen LogP contribution < -0.4 is 0 Å². The van der Waals surface area contributed by atoms with Crippen molar-refractivity contribution in [2.75, 3.05) is 0 Å². The maximum absolute atomic E-state index is 4.51. The Morgan fingerprint density at radius 2 is 1.68 bits per heavy atom. The number of fused-ring (bicyclic) bond motifs is 1. The van der Waals surface area contributed by atoms with Gasteiger partial charge in [-0.05, 0) is 44.0 Å². The second-order valence-corrected chi connectivity index (χ2v) is 4.99. The van der Waals surface area contributed by atoms with Gasteiger partial charge in [0.25, 0.3) is 0 Å². The van der Waals surface area contributed by atoms with E-state index in [9.17, 15) is 0 Å². The Labute approximate surface area is 113 Å². The van der Waals surface area contributed by atoms with Gasteiger partial charge in [-0.2, -0.15) is 0 Å². The number of nitrogens with zero attached hydrogens (tertiary/aromatic N) is 2. The fourth-order valence-corrected chi connectivity index (χ4v) is 2.51. The zero-order valence-electron chi connectivity index (χ0n) is 11.4. The first-order valence-corrected chi connectivity index (χ1v) is 6.45. The van der Waals surface area contributed by atoms with E-state index in [1.165, 1.54) is 22.3 Å². The molecule has 2 aromatic carbocycles. The van der Waals surface area contributed by atoms with E-state index in [1.54, 1.807) is 6.33 Å². The molecule has 1 heterocycles. The van der Waals surface area contributed by atoms with Crippen LogP contribution in [0.5, 0.6) is 0 Å². The first-order chi connectivity index (χ1) is 9.16. The topological polar surface area (TPSA) is 25.8 Å². The number of rotatable bonds is 1. The van der Waals surface area contributed by atoms with E-state index in [0.29, 0.717) is 0 Å². The van der Waals surface area contributed by atoms with Crippen molar-refractivity contribution in [2.24, 2.45) is 0 Å². The molecule has 0 atom stereocenters. The molecule has 0 amide bonds. The van der Waals surface area contributed by atoms with E-state index in [0.717, 1.165) is 16.6 Å². The summed E-state index contributed by atoms with van der Waals surface area (Å²) in [5.41, 5.74) is 7.07. The quantitative estimate of drug-likeness (QED) is 0.644. The highest BCUT2D eigenvalue weighted by molar-refractivity contribution is 5.93. The van der Waals surface area contributed by atoms with Gasteiger partial charge in [0.2, 0.25) is 0 Å². The first kappa shape index (κ1) is 11.8. The molecule has 0 bridgehead atoms. The molecular weight excluding hydrogens is 232 g/mol. The number of aromatic nitrogens is 2. The third kappa shape index (κ3) is 1.99. The average molecular weight is 248 g/mol. The molecule has 0 saturated heterocycles. The second kappa shape index (κ2) is 4.47. The number of hydrogen-bond acceptors (Lipinski definition) is 2. The van der Waals surface area contributed by atoms with E-state index in [4.69, 9.17) is 0 Å². The van der Waals surface area contributed by atoms with Gasteiger partial charge >= 0.3 is 0 Å². The summed E-state index contributed by atoms with van der Waals surface area (Å²) >= 11 is 0. The third-order valence-electron chi connectivity index (χ3n) is 3.61. The number of aryl methyl sites for hydroxylation is 2. The van der Waals surface area contributed by atoms with Crippen LogP contribution >= 0.6 is 0 Å². The molecule has 0 N–H and O–H groups in total. The highest BCUT2D eigenvalue weighted by Crippen LogP contribution is 2.30. The van der Waals surface area contributed by atoms with Gasteiger partial charge in [0, 0.05) is 10.9 Å². The summed E-state index contributed by atoms with van der Waals surface area (Å²) in [5, 5.41) is 1.11. The Hall–Kier alpha value is -2.22. The van der Waals surface area contributed by atoms with Crippen LogP contribution in [0.2, 0.25) is 0 Å². The van der Waals surface area contributed by atoms with Crippen molar-refractivity contribution in [3.8, 4) is 11.3 Å². The SMILES string of the molecule is Cc1cc(C)c(C)c(-c2ncnc3ccccc23)c1. The minimum atomic E-state index is 0.992. The van der Waals surface area contributed by atoms with Crippen LogP contribution in [0.25, 0.3) is 22.2 Å². The van der Waals surface area contributed by atoms with Crippen LogP contribution in [0.15, 0.2) is 42.7 Å².